The molecular formula is C5H10NS. The van der Waals surface area contributed by atoms with Crippen molar-refractivity contribution >= 4 is 17.2 Å². The molecule has 0 fully saturated rings. The van der Waals surface area contributed by atoms with Crippen LogP contribution in [0.5, 0.6) is 0 Å². The monoisotopic (exact) mass is 116 g/mol. The first-order valence-electron chi connectivity index (χ1n) is 2.35. The molecule has 0 saturated heterocycles. The predicted octanol–water partition coefficient (Wildman–Crippen LogP) is 1.28. The summed E-state index contributed by atoms with van der Waals surface area (Å²) in [4.78, 5) is 0.601. The van der Waals surface area contributed by atoms with Gasteiger partial charge < -0.3 is 5.73 Å². The maximum Gasteiger partial charge on any atom is 0.0727 e. The van der Waals surface area contributed by atoms with Crippen LogP contribution in [-0.2, 0) is 0 Å². The van der Waals surface area contributed by atoms with E-state index < -0.39 is 0 Å². The molecule has 0 rings (SSSR count). The van der Waals surface area contributed by atoms with E-state index in [0.717, 1.165) is 19.3 Å². The van der Waals surface area contributed by atoms with Crippen LogP contribution in [0.1, 0.15) is 19.3 Å². The van der Waals surface area contributed by atoms with Crippen LogP contribution in [-0.4, -0.2) is 4.99 Å². The number of rotatable bonds is 3. The van der Waals surface area contributed by atoms with Gasteiger partial charge in [0.15, 0.2) is 0 Å². The van der Waals surface area contributed by atoms with Crippen molar-refractivity contribution in [1.82, 2.24) is 0 Å². The summed E-state index contributed by atoms with van der Waals surface area (Å²) in [6.45, 7) is 3.64. The fourth-order valence-corrected chi connectivity index (χ4v) is 0.444. The fourth-order valence-electron chi connectivity index (χ4n) is 0.299. The van der Waals surface area contributed by atoms with Crippen molar-refractivity contribution < 1.29 is 0 Å². The zero-order valence-corrected chi connectivity index (χ0v) is 5.13. The Kier molecular flexibility index (Phi) is 4.00. The van der Waals surface area contributed by atoms with Gasteiger partial charge in [-0.25, -0.2) is 0 Å². The van der Waals surface area contributed by atoms with Crippen LogP contribution in [0, 0.1) is 6.92 Å². The molecule has 0 unspecified atom stereocenters. The number of thiocarbonyl (C=S) groups is 1. The SMILES string of the molecule is [CH2]CCCC(N)=S. The van der Waals surface area contributed by atoms with Gasteiger partial charge in [-0.3, -0.25) is 0 Å². The highest BCUT2D eigenvalue weighted by atomic mass is 32.1. The Morgan fingerprint density at radius 2 is 2.29 bits per heavy atom. The number of unbranched alkanes of at least 4 members (excludes halogenated alkanes) is 1. The molecule has 0 aliphatic rings. The van der Waals surface area contributed by atoms with Crippen LogP contribution in [0.25, 0.3) is 0 Å². The van der Waals surface area contributed by atoms with E-state index in [9.17, 15) is 0 Å². The standard InChI is InChI=1S/C5H10NS/c1-2-3-4-5(6)7/h1-4H2,(H2,6,7). The highest BCUT2D eigenvalue weighted by Gasteiger charge is 1.83. The molecule has 0 bridgehead atoms. The summed E-state index contributed by atoms with van der Waals surface area (Å²) in [5.41, 5.74) is 5.18. The second-order valence-electron chi connectivity index (χ2n) is 1.42. The van der Waals surface area contributed by atoms with Gasteiger partial charge in [0.1, 0.15) is 0 Å². The van der Waals surface area contributed by atoms with E-state index in [1.54, 1.807) is 0 Å². The molecule has 0 aliphatic heterocycles. The second-order valence-corrected chi connectivity index (χ2v) is 1.95. The molecule has 0 aromatic rings. The van der Waals surface area contributed by atoms with Crippen molar-refractivity contribution in [1.29, 1.82) is 0 Å². The molecule has 7 heavy (non-hydrogen) atoms. The summed E-state index contributed by atoms with van der Waals surface area (Å²) in [7, 11) is 0. The molecule has 0 aliphatic carbocycles. The van der Waals surface area contributed by atoms with Crippen molar-refractivity contribution in [3.8, 4) is 0 Å². The van der Waals surface area contributed by atoms with E-state index in [2.05, 4.69) is 19.1 Å². The molecule has 1 radical (unpaired) electrons. The van der Waals surface area contributed by atoms with Gasteiger partial charge in [0.25, 0.3) is 0 Å². The second kappa shape index (κ2) is 4.06. The van der Waals surface area contributed by atoms with Crippen LogP contribution < -0.4 is 5.73 Å². The van der Waals surface area contributed by atoms with Crippen LogP contribution in [0.3, 0.4) is 0 Å². The molecule has 2 N–H and O–H groups in total. The van der Waals surface area contributed by atoms with Crippen molar-refractivity contribution in [3.05, 3.63) is 6.92 Å². The van der Waals surface area contributed by atoms with Gasteiger partial charge >= 0.3 is 0 Å². The lowest BCUT2D eigenvalue weighted by Gasteiger charge is -1.90. The molecule has 0 amide bonds. The lowest BCUT2D eigenvalue weighted by Crippen LogP contribution is -2.06. The van der Waals surface area contributed by atoms with E-state index in [1.807, 2.05) is 0 Å². The normalized spacial score (nSPS) is 8.71. The Morgan fingerprint density at radius 3 is 2.43 bits per heavy atom. The molecule has 41 valence electrons. The van der Waals surface area contributed by atoms with Crippen molar-refractivity contribution in [2.75, 3.05) is 0 Å². The first-order valence-corrected chi connectivity index (χ1v) is 2.75. The van der Waals surface area contributed by atoms with E-state index >= 15 is 0 Å². The number of hydrogen-bond donors (Lipinski definition) is 1. The third-order valence-corrected chi connectivity index (χ3v) is 0.877. The maximum atomic E-state index is 5.18. The largest absolute Gasteiger partial charge is 0.393 e. The van der Waals surface area contributed by atoms with E-state index in [0.29, 0.717) is 4.99 Å². The van der Waals surface area contributed by atoms with Crippen LogP contribution in [0.4, 0.5) is 0 Å². The van der Waals surface area contributed by atoms with Gasteiger partial charge in [-0.2, -0.15) is 0 Å². The van der Waals surface area contributed by atoms with Gasteiger partial charge in [0, 0.05) is 0 Å². The van der Waals surface area contributed by atoms with E-state index in [1.165, 1.54) is 0 Å². The van der Waals surface area contributed by atoms with Crippen molar-refractivity contribution in [2.45, 2.75) is 19.3 Å². The molecule has 2 heteroatoms. The first-order chi connectivity index (χ1) is 3.27. The zero-order valence-electron chi connectivity index (χ0n) is 4.31. The Bertz CT molecular complexity index is 61.1. The summed E-state index contributed by atoms with van der Waals surface area (Å²) in [5, 5.41) is 0. The van der Waals surface area contributed by atoms with Crippen molar-refractivity contribution in [2.24, 2.45) is 5.73 Å². The number of hydrogen-bond acceptors (Lipinski definition) is 1. The minimum atomic E-state index is 0.601. The third kappa shape index (κ3) is 5.89. The average Bonchev–Trinajstić information content (AvgIpc) is 1.61. The molecule has 0 saturated carbocycles. The lowest BCUT2D eigenvalue weighted by molar-refractivity contribution is 0.894. The fraction of sp³-hybridized carbons (Fsp3) is 0.600. The van der Waals surface area contributed by atoms with Crippen molar-refractivity contribution in [3.63, 3.8) is 0 Å². The van der Waals surface area contributed by atoms with E-state index in [-0.39, 0.29) is 0 Å². The van der Waals surface area contributed by atoms with E-state index in [4.69, 9.17) is 5.73 Å². The minimum absolute atomic E-state index is 0.601. The zero-order chi connectivity index (χ0) is 5.70. The molecule has 0 atom stereocenters. The summed E-state index contributed by atoms with van der Waals surface area (Å²) in [6, 6.07) is 0. The van der Waals surface area contributed by atoms with Gasteiger partial charge in [-0.15, -0.1) is 0 Å². The van der Waals surface area contributed by atoms with Gasteiger partial charge in [-0.1, -0.05) is 25.6 Å². The first kappa shape index (κ1) is 6.89. The number of nitrogens with two attached hydrogens (primary N) is 1. The third-order valence-electron chi connectivity index (χ3n) is 0.673. The van der Waals surface area contributed by atoms with Crippen LogP contribution in [0.2, 0.25) is 0 Å². The molecular weight excluding hydrogens is 106 g/mol. The quantitative estimate of drug-likeness (QED) is 0.562. The Morgan fingerprint density at radius 1 is 1.71 bits per heavy atom. The predicted molar refractivity (Wildman–Crippen MR) is 36.0 cm³/mol. The summed E-state index contributed by atoms with van der Waals surface area (Å²) in [6.07, 6.45) is 2.80. The topological polar surface area (TPSA) is 26.0 Å². The smallest absolute Gasteiger partial charge is 0.0727 e. The Labute approximate surface area is 49.9 Å². The minimum Gasteiger partial charge on any atom is -0.393 e. The summed E-state index contributed by atoms with van der Waals surface area (Å²) >= 11 is 4.61. The molecule has 0 aromatic heterocycles. The van der Waals surface area contributed by atoms with Crippen LogP contribution in [0.15, 0.2) is 0 Å². The van der Waals surface area contributed by atoms with Crippen LogP contribution >= 0.6 is 12.2 Å². The maximum absolute atomic E-state index is 5.18. The highest BCUT2D eigenvalue weighted by Crippen LogP contribution is 1.91. The molecule has 0 heterocycles. The molecule has 1 nitrogen and oxygen atoms in total. The highest BCUT2D eigenvalue weighted by molar-refractivity contribution is 7.80. The van der Waals surface area contributed by atoms with Gasteiger partial charge in [0.05, 0.1) is 4.99 Å². The molecule has 0 spiro atoms. The summed E-state index contributed by atoms with van der Waals surface area (Å²) in [5.74, 6) is 0. The van der Waals surface area contributed by atoms with Gasteiger partial charge in [0.2, 0.25) is 0 Å². The summed E-state index contributed by atoms with van der Waals surface area (Å²) < 4.78 is 0. The Hall–Kier alpha value is -0.110. The lowest BCUT2D eigenvalue weighted by atomic mass is 10.3. The molecule has 0 aromatic carbocycles. The Balaban J connectivity index is 2.82. The average molecular weight is 116 g/mol. The van der Waals surface area contributed by atoms with Gasteiger partial charge in [-0.05, 0) is 12.8 Å².